The van der Waals surface area contributed by atoms with Crippen molar-refractivity contribution in [1.29, 1.82) is 0 Å². The highest BCUT2D eigenvalue weighted by Crippen LogP contribution is 2.36. The number of hydrogen-bond acceptors (Lipinski definition) is 3. The molecule has 2 rings (SSSR count). The van der Waals surface area contributed by atoms with Gasteiger partial charge in [-0.05, 0) is 48.5 Å². The fraction of sp³-hybridized carbons (Fsp3) is 0.200. The highest BCUT2D eigenvalue weighted by Gasteiger charge is 2.29. The van der Waals surface area contributed by atoms with E-state index in [1.165, 1.54) is 0 Å². The van der Waals surface area contributed by atoms with Crippen molar-refractivity contribution in [2.24, 2.45) is 0 Å². The summed E-state index contributed by atoms with van der Waals surface area (Å²) in [5.74, 6) is 0. The molecule has 0 aliphatic heterocycles. The number of rotatable bonds is 5. The zero-order valence-corrected chi connectivity index (χ0v) is 13.7. The molecule has 2 aromatic rings. The van der Waals surface area contributed by atoms with Crippen LogP contribution < -0.4 is 4.72 Å². The van der Waals surface area contributed by atoms with Crippen LogP contribution in [0.2, 0.25) is 0 Å². The Morgan fingerprint density at radius 3 is 2.09 bits per heavy atom. The molecule has 0 aliphatic rings. The maximum absolute atomic E-state index is 12.2. The first kappa shape index (κ1) is 17.8. The van der Waals surface area contributed by atoms with Crippen LogP contribution in [0.3, 0.4) is 0 Å². The first-order valence-electron chi connectivity index (χ1n) is 6.57. The van der Waals surface area contributed by atoms with E-state index in [9.17, 15) is 21.6 Å². The third-order valence-electron chi connectivity index (χ3n) is 2.95. The van der Waals surface area contributed by atoms with Crippen molar-refractivity contribution in [3.05, 3.63) is 59.7 Å². The molecule has 1 N–H and O–H groups in total. The van der Waals surface area contributed by atoms with Crippen molar-refractivity contribution in [3.8, 4) is 0 Å². The molecule has 0 aliphatic carbocycles. The largest absolute Gasteiger partial charge is 0.446 e. The normalized spacial score (nSPS) is 12.3. The van der Waals surface area contributed by atoms with Gasteiger partial charge in [0.25, 0.3) is 0 Å². The maximum atomic E-state index is 12.2. The zero-order valence-electron chi connectivity index (χ0n) is 12.1. The summed E-state index contributed by atoms with van der Waals surface area (Å²) in [5.41, 5.74) is -2.54. The molecule has 0 radical (unpaired) electrons. The number of halogens is 3. The number of benzene rings is 2. The van der Waals surface area contributed by atoms with Crippen molar-refractivity contribution in [2.75, 3.05) is 0 Å². The summed E-state index contributed by atoms with van der Waals surface area (Å²) in [6.45, 7) is 2.04. The number of thioether (sulfide) groups is 1. The summed E-state index contributed by atoms with van der Waals surface area (Å²) in [5, 5.41) is 0. The topological polar surface area (TPSA) is 46.2 Å². The van der Waals surface area contributed by atoms with Gasteiger partial charge in [-0.3, -0.25) is 0 Å². The molecule has 124 valence electrons. The third kappa shape index (κ3) is 5.56. The summed E-state index contributed by atoms with van der Waals surface area (Å²) in [6, 6.07) is 11.9. The number of aryl methyl sites for hydroxylation is 1. The Bertz CT molecular complexity index is 755. The van der Waals surface area contributed by atoms with E-state index in [0.29, 0.717) is 0 Å². The fourth-order valence-corrected chi connectivity index (χ4v) is 3.35. The first-order valence-corrected chi connectivity index (χ1v) is 8.87. The Hall–Kier alpha value is -1.51. The smallest absolute Gasteiger partial charge is 0.207 e. The van der Waals surface area contributed by atoms with Crippen LogP contribution in [0.4, 0.5) is 13.2 Å². The van der Waals surface area contributed by atoms with Crippen LogP contribution in [0.25, 0.3) is 0 Å². The van der Waals surface area contributed by atoms with E-state index in [4.69, 9.17) is 0 Å². The molecule has 0 spiro atoms. The lowest BCUT2D eigenvalue weighted by Gasteiger charge is -2.09. The van der Waals surface area contributed by atoms with Crippen molar-refractivity contribution in [2.45, 2.75) is 28.8 Å². The highest BCUT2D eigenvalue weighted by atomic mass is 32.2. The zero-order chi connectivity index (χ0) is 17.1. The minimum absolute atomic E-state index is 0.0602. The summed E-state index contributed by atoms with van der Waals surface area (Å²) in [6.07, 6.45) is 0. The van der Waals surface area contributed by atoms with Crippen molar-refractivity contribution in [1.82, 2.24) is 4.72 Å². The molecule has 0 saturated heterocycles. The van der Waals surface area contributed by atoms with E-state index in [1.807, 2.05) is 19.1 Å². The molecule has 3 nitrogen and oxygen atoms in total. The van der Waals surface area contributed by atoms with E-state index >= 15 is 0 Å². The van der Waals surface area contributed by atoms with Gasteiger partial charge in [0.05, 0.1) is 4.90 Å². The van der Waals surface area contributed by atoms with Gasteiger partial charge in [-0.1, -0.05) is 29.8 Å². The molecule has 0 unspecified atom stereocenters. The van der Waals surface area contributed by atoms with Gasteiger partial charge in [-0.2, -0.15) is 13.2 Å². The average molecular weight is 361 g/mol. The molecule has 0 atom stereocenters. The molecule has 2 aromatic carbocycles. The Balaban J connectivity index is 2.05. The number of hydrogen-bond donors (Lipinski definition) is 1. The fourth-order valence-electron chi connectivity index (χ4n) is 1.79. The predicted molar refractivity (Wildman–Crippen MR) is 83.6 cm³/mol. The molecule has 23 heavy (non-hydrogen) atoms. The molecule has 8 heteroatoms. The van der Waals surface area contributed by atoms with E-state index in [2.05, 4.69) is 4.72 Å². The lowest BCUT2D eigenvalue weighted by molar-refractivity contribution is -0.0328. The van der Waals surface area contributed by atoms with Gasteiger partial charge in [-0.15, -0.1) is 0 Å². The highest BCUT2D eigenvalue weighted by molar-refractivity contribution is 8.00. The van der Waals surface area contributed by atoms with Crippen LogP contribution in [0.5, 0.6) is 0 Å². The van der Waals surface area contributed by atoms with E-state index in [-0.39, 0.29) is 28.1 Å². The van der Waals surface area contributed by atoms with E-state index in [0.717, 1.165) is 35.4 Å². The molecule has 0 saturated carbocycles. The van der Waals surface area contributed by atoms with Crippen LogP contribution in [0.15, 0.2) is 58.3 Å². The lowest BCUT2D eigenvalue weighted by atomic mass is 10.2. The lowest BCUT2D eigenvalue weighted by Crippen LogP contribution is -2.23. The monoisotopic (exact) mass is 361 g/mol. The molecule has 0 bridgehead atoms. The number of alkyl halides is 3. The summed E-state index contributed by atoms with van der Waals surface area (Å²) >= 11 is -0.284. The summed E-state index contributed by atoms with van der Waals surface area (Å²) in [7, 11) is -3.77. The van der Waals surface area contributed by atoms with Crippen LogP contribution in [0, 0.1) is 6.92 Å². The van der Waals surface area contributed by atoms with Crippen LogP contribution in [-0.4, -0.2) is 13.9 Å². The third-order valence-corrected chi connectivity index (χ3v) is 5.11. The van der Waals surface area contributed by atoms with E-state index in [1.54, 1.807) is 12.1 Å². The maximum Gasteiger partial charge on any atom is 0.446 e. The Labute approximate surface area is 137 Å². The van der Waals surface area contributed by atoms with Crippen molar-refractivity contribution >= 4 is 21.8 Å². The van der Waals surface area contributed by atoms with E-state index < -0.39 is 15.5 Å². The standard InChI is InChI=1S/C15H14F3NO2S2/c1-11-2-4-12(5-3-11)10-19-23(20,21)14-8-6-13(7-9-14)22-15(16,17)18/h2-9,19H,10H2,1H3. The summed E-state index contributed by atoms with van der Waals surface area (Å²) < 4.78 is 63.4. The second-order valence-electron chi connectivity index (χ2n) is 4.83. The van der Waals surface area contributed by atoms with Gasteiger partial charge in [0.1, 0.15) is 0 Å². The Kier molecular flexibility index (Phi) is 5.38. The molecular formula is C15H14F3NO2S2. The Morgan fingerprint density at radius 1 is 1.00 bits per heavy atom. The minimum atomic E-state index is -4.40. The molecule has 0 fully saturated rings. The van der Waals surface area contributed by atoms with Gasteiger partial charge < -0.3 is 0 Å². The predicted octanol–water partition coefficient (Wildman–Crippen LogP) is 4.09. The number of nitrogens with one attached hydrogen (secondary N) is 1. The molecule has 0 amide bonds. The second kappa shape index (κ2) is 6.94. The van der Waals surface area contributed by atoms with Crippen LogP contribution >= 0.6 is 11.8 Å². The van der Waals surface area contributed by atoms with Gasteiger partial charge >= 0.3 is 5.51 Å². The SMILES string of the molecule is Cc1ccc(CNS(=O)(=O)c2ccc(SC(F)(F)F)cc2)cc1. The average Bonchev–Trinajstić information content (AvgIpc) is 2.46. The quantitative estimate of drug-likeness (QED) is 0.816. The van der Waals surface area contributed by atoms with Crippen molar-refractivity contribution in [3.63, 3.8) is 0 Å². The molecular weight excluding hydrogens is 347 g/mol. The molecule has 0 aromatic heterocycles. The molecule has 0 heterocycles. The van der Waals surface area contributed by atoms with Gasteiger partial charge in [-0.25, -0.2) is 13.1 Å². The van der Waals surface area contributed by atoms with Crippen LogP contribution in [-0.2, 0) is 16.6 Å². The van der Waals surface area contributed by atoms with Crippen LogP contribution in [0.1, 0.15) is 11.1 Å². The van der Waals surface area contributed by atoms with Gasteiger partial charge in [0, 0.05) is 11.4 Å². The summed E-state index contributed by atoms with van der Waals surface area (Å²) in [4.78, 5) is -0.133. The van der Waals surface area contributed by atoms with Gasteiger partial charge in [0.2, 0.25) is 10.0 Å². The minimum Gasteiger partial charge on any atom is -0.207 e. The van der Waals surface area contributed by atoms with Crippen molar-refractivity contribution < 1.29 is 21.6 Å². The second-order valence-corrected chi connectivity index (χ2v) is 7.73. The first-order chi connectivity index (χ1) is 10.7. The van der Waals surface area contributed by atoms with Gasteiger partial charge in [0.15, 0.2) is 0 Å². The Morgan fingerprint density at radius 2 is 1.57 bits per heavy atom. The number of sulfonamides is 1.